The summed E-state index contributed by atoms with van der Waals surface area (Å²) in [5.74, 6) is 6.29. The molecule has 0 spiro atoms. The Bertz CT molecular complexity index is 1030. The molecule has 4 nitrogen and oxygen atoms in total. The molecule has 1 N–H and O–H groups in total. The number of nitrogens with one attached hydrogen (secondary N) is 1. The fourth-order valence-corrected chi connectivity index (χ4v) is 4.79. The van der Waals surface area contributed by atoms with E-state index in [1.165, 1.54) is 0 Å². The van der Waals surface area contributed by atoms with Gasteiger partial charge in [-0.3, -0.25) is 4.72 Å². The number of anilines is 1. The van der Waals surface area contributed by atoms with Crippen LogP contribution < -0.4 is 4.72 Å². The van der Waals surface area contributed by atoms with Crippen molar-refractivity contribution in [1.29, 1.82) is 0 Å². The van der Waals surface area contributed by atoms with E-state index < -0.39 is 18.3 Å². The topological polar surface area (TPSA) is 55.4 Å². The second kappa shape index (κ2) is 10.5. The Morgan fingerprint density at radius 3 is 2.29 bits per heavy atom. The number of rotatable bonds is 8. The van der Waals surface area contributed by atoms with Crippen LogP contribution in [0.5, 0.6) is 0 Å². The highest BCUT2D eigenvalue weighted by Crippen LogP contribution is 2.36. The van der Waals surface area contributed by atoms with E-state index in [1.54, 1.807) is 36.4 Å². The molecule has 0 fully saturated rings. The standard InChI is InChI=1S/C25H35NO3SSi/c1-21-16-18-23(19-17-21)30(27,28)26-24-15-11-10-14-22(24)13-9-7-8-12-20-29-31(5,6)25(2,3)4/h10-11,14-19,26H,7-8,12,20H2,1-6H3. The summed E-state index contributed by atoms with van der Waals surface area (Å²) in [7, 11) is -5.34. The van der Waals surface area contributed by atoms with Crippen LogP contribution in [0.4, 0.5) is 5.69 Å². The molecule has 0 saturated carbocycles. The van der Waals surface area contributed by atoms with Crippen molar-refractivity contribution >= 4 is 24.0 Å². The molecule has 0 atom stereocenters. The molecule has 31 heavy (non-hydrogen) atoms. The van der Waals surface area contributed by atoms with Gasteiger partial charge in [-0.05, 0) is 62.2 Å². The van der Waals surface area contributed by atoms with Crippen LogP contribution in [0, 0.1) is 18.8 Å². The number of para-hydroxylation sites is 1. The van der Waals surface area contributed by atoms with Gasteiger partial charge in [0, 0.05) is 18.6 Å². The Morgan fingerprint density at radius 1 is 1.00 bits per heavy atom. The average Bonchev–Trinajstić information content (AvgIpc) is 2.67. The second-order valence-corrected chi connectivity index (χ2v) is 15.8. The van der Waals surface area contributed by atoms with Gasteiger partial charge < -0.3 is 4.43 Å². The van der Waals surface area contributed by atoms with Gasteiger partial charge in [0.2, 0.25) is 0 Å². The summed E-state index contributed by atoms with van der Waals surface area (Å²) >= 11 is 0. The van der Waals surface area contributed by atoms with Gasteiger partial charge in [0.15, 0.2) is 8.32 Å². The molecule has 0 heterocycles. The molecular weight excluding hydrogens is 422 g/mol. The summed E-state index contributed by atoms with van der Waals surface area (Å²) in [6.45, 7) is 14.0. The first kappa shape index (κ1) is 25.2. The molecule has 168 valence electrons. The van der Waals surface area contributed by atoms with Crippen LogP contribution in [-0.2, 0) is 14.4 Å². The molecule has 0 aliphatic heterocycles. The predicted molar refractivity (Wildman–Crippen MR) is 132 cm³/mol. The second-order valence-electron chi connectivity index (χ2n) is 9.33. The maximum Gasteiger partial charge on any atom is 0.261 e. The van der Waals surface area contributed by atoms with Gasteiger partial charge in [-0.25, -0.2) is 8.42 Å². The maximum atomic E-state index is 12.7. The monoisotopic (exact) mass is 457 g/mol. The minimum atomic E-state index is -3.65. The molecule has 6 heteroatoms. The number of sulfonamides is 1. The molecule has 0 saturated heterocycles. The van der Waals surface area contributed by atoms with E-state index in [0.29, 0.717) is 11.3 Å². The van der Waals surface area contributed by atoms with Crippen LogP contribution in [0.3, 0.4) is 0 Å². The zero-order valence-electron chi connectivity index (χ0n) is 19.6. The van der Waals surface area contributed by atoms with Crippen LogP contribution in [0.1, 0.15) is 51.2 Å². The molecule has 2 aromatic carbocycles. The first-order valence-corrected chi connectivity index (χ1v) is 15.1. The Kier molecular flexibility index (Phi) is 8.53. The first-order valence-electron chi connectivity index (χ1n) is 10.7. The minimum absolute atomic E-state index is 0.225. The summed E-state index contributed by atoms with van der Waals surface area (Å²) in [5.41, 5.74) is 2.19. The van der Waals surface area contributed by atoms with Gasteiger partial charge in [0.05, 0.1) is 10.6 Å². The van der Waals surface area contributed by atoms with Crippen LogP contribution in [0.15, 0.2) is 53.4 Å². The van der Waals surface area contributed by atoms with Crippen molar-refractivity contribution in [2.45, 2.75) is 70.0 Å². The lowest BCUT2D eigenvalue weighted by Crippen LogP contribution is -2.40. The summed E-state index contributed by atoms with van der Waals surface area (Å²) in [6.07, 6.45) is 2.68. The third-order valence-corrected chi connectivity index (χ3v) is 11.6. The van der Waals surface area contributed by atoms with Crippen LogP contribution >= 0.6 is 0 Å². The van der Waals surface area contributed by atoms with Crippen molar-refractivity contribution in [3.05, 3.63) is 59.7 Å². The fourth-order valence-electron chi connectivity index (χ4n) is 2.62. The van der Waals surface area contributed by atoms with Crippen molar-refractivity contribution in [2.75, 3.05) is 11.3 Å². The van der Waals surface area contributed by atoms with E-state index in [-0.39, 0.29) is 9.93 Å². The van der Waals surface area contributed by atoms with Crippen LogP contribution in [0.25, 0.3) is 0 Å². The lowest BCUT2D eigenvalue weighted by atomic mass is 10.1. The van der Waals surface area contributed by atoms with Gasteiger partial charge >= 0.3 is 0 Å². The molecule has 0 radical (unpaired) electrons. The summed E-state index contributed by atoms with van der Waals surface area (Å²) in [4.78, 5) is 0.239. The van der Waals surface area contributed by atoms with Crippen molar-refractivity contribution in [1.82, 2.24) is 0 Å². The molecule has 0 bridgehead atoms. The zero-order chi connectivity index (χ0) is 23.1. The van der Waals surface area contributed by atoms with Gasteiger partial charge in [-0.15, -0.1) is 0 Å². The Balaban J connectivity index is 1.94. The third kappa shape index (κ3) is 7.53. The van der Waals surface area contributed by atoms with Crippen molar-refractivity contribution in [3.8, 4) is 11.8 Å². The van der Waals surface area contributed by atoms with Crippen LogP contribution in [0.2, 0.25) is 18.1 Å². The highest BCUT2D eigenvalue weighted by atomic mass is 32.2. The van der Waals surface area contributed by atoms with E-state index in [9.17, 15) is 8.42 Å². The Hall–Kier alpha value is -2.07. The first-order chi connectivity index (χ1) is 14.4. The highest BCUT2D eigenvalue weighted by Gasteiger charge is 2.36. The molecule has 0 unspecified atom stereocenters. The fraction of sp³-hybridized carbons (Fsp3) is 0.440. The highest BCUT2D eigenvalue weighted by molar-refractivity contribution is 7.92. The van der Waals surface area contributed by atoms with Gasteiger partial charge in [0.25, 0.3) is 10.0 Å². The number of unbranched alkanes of at least 4 members (excludes halogenated alkanes) is 2. The van der Waals surface area contributed by atoms with E-state index in [1.807, 2.05) is 19.1 Å². The van der Waals surface area contributed by atoms with Gasteiger partial charge in [-0.2, -0.15) is 0 Å². The molecule has 0 amide bonds. The average molecular weight is 458 g/mol. The number of hydrogen-bond donors (Lipinski definition) is 1. The zero-order valence-corrected chi connectivity index (χ0v) is 21.4. The SMILES string of the molecule is Cc1ccc(S(=O)(=O)Nc2ccccc2C#CCCCCO[Si](C)(C)C(C)(C)C)cc1. The quantitative estimate of drug-likeness (QED) is 0.286. The molecule has 0 aromatic heterocycles. The minimum Gasteiger partial charge on any atom is -0.417 e. The third-order valence-electron chi connectivity index (χ3n) is 5.69. The number of benzene rings is 2. The summed E-state index contributed by atoms with van der Waals surface area (Å²) < 4.78 is 34.3. The number of aryl methyl sites for hydroxylation is 1. The van der Waals surface area contributed by atoms with Gasteiger partial charge in [0.1, 0.15) is 0 Å². The molecular formula is C25H35NO3SSi. The molecule has 2 aromatic rings. The Morgan fingerprint density at radius 2 is 1.65 bits per heavy atom. The van der Waals surface area contributed by atoms with Crippen molar-refractivity contribution in [3.63, 3.8) is 0 Å². The summed E-state index contributed by atoms with van der Waals surface area (Å²) in [6, 6.07) is 14.0. The largest absolute Gasteiger partial charge is 0.417 e. The molecule has 0 aliphatic rings. The molecule has 0 aliphatic carbocycles. The molecule has 2 rings (SSSR count). The summed E-state index contributed by atoms with van der Waals surface area (Å²) in [5, 5.41) is 0.225. The van der Waals surface area contributed by atoms with Crippen molar-refractivity contribution < 1.29 is 12.8 Å². The van der Waals surface area contributed by atoms with Gasteiger partial charge in [-0.1, -0.05) is 62.4 Å². The van der Waals surface area contributed by atoms with E-state index in [2.05, 4.69) is 50.4 Å². The number of hydrogen-bond acceptors (Lipinski definition) is 3. The van der Waals surface area contributed by atoms with E-state index >= 15 is 0 Å². The van der Waals surface area contributed by atoms with Crippen molar-refractivity contribution in [2.24, 2.45) is 0 Å². The smallest absolute Gasteiger partial charge is 0.261 e. The maximum absolute atomic E-state index is 12.7. The normalized spacial score (nSPS) is 12.2. The Labute approximate surface area is 189 Å². The lowest BCUT2D eigenvalue weighted by Gasteiger charge is -2.36. The van der Waals surface area contributed by atoms with E-state index in [4.69, 9.17) is 4.43 Å². The predicted octanol–water partition coefficient (Wildman–Crippen LogP) is 6.34. The van der Waals surface area contributed by atoms with Crippen LogP contribution in [-0.4, -0.2) is 23.3 Å². The lowest BCUT2D eigenvalue weighted by molar-refractivity contribution is 0.280. The van der Waals surface area contributed by atoms with E-state index in [0.717, 1.165) is 31.4 Å².